The van der Waals surface area contributed by atoms with E-state index < -0.39 is 36.4 Å². The van der Waals surface area contributed by atoms with Crippen LogP contribution in [-0.2, 0) is 27.5 Å². The van der Waals surface area contributed by atoms with E-state index in [2.05, 4.69) is 20.9 Å². The molecule has 1 aromatic heterocycles. The van der Waals surface area contributed by atoms with Crippen molar-refractivity contribution in [2.45, 2.75) is 31.6 Å². The summed E-state index contributed by atoms with van der Waals surface area (Å²) in [4.78, 5) is 36.0. The second-order valence-electron chi connectivity index (χ2n) is 9.30. The quantitative estimate of drug-likeness (QED) is 0.403. The number of fused-ring (bicyclic) bond motifs is 1. The third-order valence-electron chi connectivity index (χ3n) is 5.81. The molecule has 2 saturated heterocycles. The van der Waals surface area contributed by atoms with Crippen LogP contribution in [0, 0.1) is 17.7 Å². The van der Waals surface area contributed by atoms with Crippen molar-refractivity contribution in [3.8, 4) is 0 Å². The first-order valence-corrected chi connectivity index (χ1v) is 12.1. The van der Waals surface area contributed by atoms with E-state index in [1.165, 1.54) is 24.2 Å². The summed E-state index contributed by atoms with van der Waals surface area (Å²) in [5.41, 5.74) is 2.51. The Balaban J connectivity index is 0.000000379. The summed E-state index contributed by atoms with van der Waals surface area (Å²) in [6.07, 6.45) is -11.5. The van der Waals surface area contributed by atoms with Gasteiger partial charge in [0.05, 0.1) is 0 Å². The maximum Gasteiger partial charge on any atom is 0.490 e. The zero-order valence-electron chi connectivity index (χ0n) is 22.2. The van der Waals surface area contributed by atoms with Crippen molar-refractivity contribution < 1.29 is 73.6 Å². The van der Waals surface area contributed by atoms with Gasteiger partial charge in [-0.25, -0.2) is 18.8 Å². The minimum Gasteiger partial charge on any atom is -0.475 e. The van der Waals surface area contributed by atoms with E-state index in [0.717, 1.165) is 38.0 Å². The Kier molecular flexibility index (Phi) is 14.0. The van der Waals surface area contributed by atoms with Crippen molar-refractivity contribution in [2.24, 2.45) is 11.8 Å². The molecule has 0 spiro atoms. The minimum absolute atomic E-state index is 0.155. The molecule has 0 unspecified atom stereocenters. The van der Waals surface area contributed by atoms with Crippen LogP contribution >= 0.6 is 0 Å². The number of hydrogen-bond donors (Lipinski definition) is 3. The Morgan fingerprint density at radius 2 is 1.00 bits per heavy atom. The molecule has 0 amide bonds. The molecule has 44 heavy (non-hydrogen) atoms. The smallest absolute Gasteiger partial charge is 0.475 e. The molecule has 4 rings (SSSR count). The molecule has 2 aromatic rings. The van der Waals surface area contributed by atoms with Gasteiger partial charge in [-0.2, -0.15) is 39.5 Å². The maximum absolute atomic E-state index is 13.0. The highest BCUT2D eigenvalue weighted by molar-refractivity contribution is 5.73. The van der Waals surface area contributed by atoms with Crippen LogP contribution in [0.25, 0.3) is 0 Å². The fourth-order valence-electron chi connectivity index (χ4n) is 4.04. The van der Waals surface area contributed by atoms with Gasteiger partial charge in [-0.1, -0.05) is 18.2 Å². The van der Waals surface area contributed by atoms with E-state index in [9.17, 15) is 43.9 Å². The van der Waals surface area contributed by atoms with Gasteiger partial charge in [-0.15, -0.1) is 0 Å². The van der Waals surface area contributed by atoms with Crippen LogP contribution in [-0.4, -0.2) is 92.7 Å². The molecule has 3 N–H and O–H groups in total. The molecule has 0 saturated carbocycles. The lowest BCUT2D eigenvalue weighted by molar-refractivity contribution is -0.193. The fraction of sp³-hybridized carbons (Fsp3) is 0.440. The molecule has 246 valence electrons. The Morgan fingerprint density at radius 1 is 0.659 bits per heavy atom. The second-order valence-corrected chi connectivity index (χ2v) is 9.30. The summed E-state index contributed by atoms with van der Waals surface area (Å²) in [6.45, 7) is 6.63. The van der Waals surface area contributed by atoms with Crippen LogP contribution in [0.15, 0.2) is 48.8 Å². The van der Waals surface area contributed by atoms with Crippen LogP contribution in [0.2, 0.25) is 0 Å². The number of pyridine rings is 1. The molecule has 0 radical (unpaired) electrons. The summed E-state index contributed by atoms with van der Waals surface area (Å²) >= 11 is 0. The number of rotatable bonds is 4. The van der Waals surface area contributed by atoms with E-state index in [0.29, 0.717) is 0 Å². The van der Waals surface area contributed by atoms with Gasteiger partial charge in [-0.3, -0.25) is 14.8 Å². The van der Waals surface area contributed by atoms with Crippen molar-refractivity contribution in [3.05, 3.63) is 65.7 Å². The van der Waals surface area contributed by atoms with Crippen molar-refractivity contribution in [2.75, 3.05) is 26.2 Å². The number of likely N-dealkylation sites (tertiary alicyclic amines) is 2. The monoisotopic (exact) mass is 653 g/mol. The average Bonchev–Trinajstić information content (AvgIpc) is 3.43. The molecule has 2 aliphatic heterocycles. The highest BCUT2D eigenvalue weighted by Gasteiger charge is 2.40. The Bertz CT molecular complexity index is 1140. The number of hydrogen-bond acceptors (Lipinski definition) is 6. The van der Waals surface area contributed by atoms with Crippen LogP contribution in [0.4, 0.5) is 43.9 Å². The number of benzene rings is 1. The molecule has 3 heterocycles. The molecule has 2 aliphatic rings. The normalized spacial score (nSPS) is 18.4. The molecule has 1 aromatic carbocycles. The zero-order valence-corrected chi connectivity index (χ0v) is 22.2. The van der Waals surface area contributed by atoms with Gasteiger partial charge in [0.25, 0.3) is 0 Å². The number of carboxylic acids is 3. The third kappa shape index (κ3) is 14.5. The Labute approximate surface area is 242 Å². The molecule has 9 nitrogen and oxygen atoms in total. The van der Waals surface area contributed by atoms with Gasteiger partial charge < -0.3 is 15.3 Å². The van der Waals surface area contributed by atoms with Gasteiger partial charge in [0, 0.05) is 51.7 Å². The molecule has 0 bridgehead atoms. The zero-order chi connectivity index (χ0) is 33.9. The molecule has 0 aliphatic carbocycles. The SMILES string of the molecule is Fc1ccc(CN2C[C@@H]3CN(Cc4cccnc4)C[C@@H]3C2)cc1.O=C(O)C(F)(F)F.O=C(O)C(F)(F)F.O=C(O)C(F)(F)F. The maximum atomic E-state index is 13.0. The predicted octanol–water partition coefficient (Wildman–Crippen LogP) is 4.68. The highest BCUT2D eigenvalue weighted by Crippen LogP contribution is 2.32. The van der Waals surface area contributed by atoms with Gasteiger partial charge in [0.2, 0.25) is 0 Å². The Morgan fingerprint density at radius 3 is 1.30 bits per heavy atom. The van der Waals surface area contributed by atoms with Gasteiger partial charge in [-0.05, 0) is 41.2 Å². The number of aromatic nitrogens is 1. The first-order chi connectivity index (χ1) is 20.1. The van der Waals surface area contributed by atoms with Crippen molar-refractivity contribution >= 4 is 17.9 Å². The van der Waals surface area contributed by atoms with Crippen molar-refractivity contribution in [3.63, 3.8) is 0 Å². The number of nitrogens with zero attached hydrogens (tertiary/aromatic N) is 3. The average molecular weight is 653 g/mol. The molecular formula is C25H25F10N3O6. The van der Waals surface area contributed by atoms with Crippen LogP contribution in [0.1, 0.15) is 11.1 Å². The third-order valence-corrected chi connectivity index (χ3v) is 5.81. The van der Waals surface area contributed by atoms with E-state index in [1.807, 2.05) is 30.6 Å². The highest BCUT2D eigenvalue weighted by atomic mass is 19.4. The number of halogens is 10. The summed E-state index contributed by atoms with van der Waals surface area (Å²) in [6, 6.07) is 11.1. The number of alkyl halides is 9. The molecule has 2 atom stereocenters. The lowest BCUT2D eigenvalue weighted by Gasteiger charge is -2.21. The van der Waals surface area contributed by atoms with Gasteiger partial charge in [0.15, 0.2) is 0 Å². The lowest BCUT2D eigenvalue weighted by Crippen LogP contribution is -2.28. The summed E-state index contributed by atoms with van der Waals surface area (Å²) in [7, 11) is 0. The second kappa shape index (κ2) is 16.2. The van der Waals surface area contributed by atoms with E-state index >= 15 is 0 Å². The van der Waals surface area contributed by atoms with E-state index in [-0.39, 0.29) is 5.82 Å². The number of aliphatic carboxylic acids is 3. The predicted molar refractivity (Wildman–Crippen MR) is 129 cm³/mol. The largest absolute Gasteiger partial charge is 0.490 e. The summed E-state index contributed by atoms with van der Waals surface area (Å²) < 4.78 is 108. The first-order valence-electron chi connectivity index (χ1n) is 12.1. The lowest BCUT2D eigenvalue weighted by atomic mass is 10.0. The first kappa shape index (κ1) is 38.0. The van der Waals surface area contributed by atoms with Crippen LogP contribution in [0.5, 0.6) is 0 Å². The van der Waals surface area contributed by atoms with Crippen LogP contribution in [0.3, 0.4) is 0 Å². The number of carbonyl (C=O) groups is 3. The standard InChI is InChI=1S/C19H22FN3.3C2HF3O2/c20-19-5-3-15(4-6-19)9-22-11-17-13-23(14-18(17)12-22)10-16-2-1-7-21-8-16;3*3-2(4,5)1(6)7/h1-8,17-18H,9-14H2;3*(H,6,7)/t17-,18+;;;. The van der Waals surface area contributed by atoms with Crippen molar-refractivity contribution in [1.29, 1.82) is 0 Å². The topological polar surface area (TPSA) is 131 Å². The summed E-state index contributed by atoms with van der Waals surface area (Å²) in [5.74, 6) is -6.88. The molecule has 2 fully saturated rings. The molecule has 19 heteroatoms. The number of carboxylic acid groups (broad SMARTS) is 3. The minimum atomic E-state index is -5.08. The van der Waals surface area contributed by atoms with Crippen LogP contribution < -0.4 is 0 Å². The fourth-order valence-corrected chi connectivity index (χ4v) is 4.04. The Hall–Kier alpha value is -4.00. The van der Waals surface area contributed by atoms with Gasteiger partial charge in [0.1, 0.15) is 5.82 Å². The van der Waals surface area contributed by atoms with Crippen molar-refractivity contribution in [1.82, 2.24) is 14.8 Å². The van der Waals surface area contributed by atoms with E-state index in [1.54, 1.807) is 12.1 Å². The van der Waals surface area contributed by atoms with Gasteiger partial charge >= 0.3 is 36.4 Å². The van der Waals surface area contributed by atoms with E-state index in [4.69, 9.17) is 29.7 Å². The summed E-state index contributed by atoms with van der Waals surface area (Å²) in [5, 5.41) is 21.4. The molecular weight excluding hydrogens is 628 g/mol.